The molecule has 1 atom stereocenters. The van der Waals surface area contributed by atoms with Crippen LogP contribution in [0.4, 0.5) is 0 Å². The van der Waals surface area contributed by atoms with E-state index >= 15 is 0 Å². The van der Waals surface area contributed by atoms with Crippen molar-refractivity contribution >= 4 is 5.91 Å². The van der Waals surface area contributed by atoms with Crippen molar-refractivity contribution in [3.8, 4) is 0 Å². The lowest BCUT2D eigenvalue weighted by atomic mass is 9.86. The van der Waals surface area contributed by atoms with Gasteiger partial charge < -0.3 is 11.1 Å². The van der Waals surface area contributed by atoms with Gasteiger partial charge in [0.1, 0.15) is 0 Å². The van der Waals surface area contributed by atoms with Crippen LogP contribution in [0.5, 0.6) is 0 Å². The number of nitrogens with one attached hydrogen (secondary N) is 1. The van der Waals surface area contributed by atoms with Gasteiger partial charge in [-0.2, -0.15) is 0 Å². The Morgan fingerprint density at radius 1 is 1.21 bits per heavy atom. The van der Waals surface area contributed by atoms with Crippen LogP contribution in [0.15, 0.2) is 24.3 Å². The van der Waals surface area contributed by atoms with E-state index in [9.17, 15) is 4.79 Å². The smallest absolute Gasteiger partial charge is 0.251 e. The molecule has 2 saturated carbocycles. The van der Waals surface area contributed by atoms with Crippen LogP contribution in [0.1, 0.15) is 54.4 Å². The average Bonchev–Trinajstić information content (AvgIpc) is 3.11. The van der Waals surface area contributed by atoms with Gasteiger partial charge in [-0.1, -0.05) is 31.4 Å². The molecular formula is C16H22N2O. The molecule has 0 bridgehead atoms. The average molecular weight is 258 g/mol. The van der Waals surface area contributed by atoms with Gasteiger partial charge in [0.2, 0.25) is 0 Å². The Kier molecular flexibility index (Phi) is 3.31. The van der Waals surface area contributed by atoms with Gasteiger partial charge in [-0.25, -0.2) is 0 Å². The molecule has 0 aromatic heterocycles. The fraction of sp³-hybridized carbons (Fsp3) is 0.562. The summed E-state index contributed by atoms with van der Waals surface area (Å²) in [6.07, 6.45) is 7.80. The van der Waals surface area contributed by atoms with Gasteiger partial charge in [0, 0.05) is 18.2 Å². The first-order valence-corrected chi connectivity index (χ1v) is 7.33. The number of carbonyl (C=O) groups is 1. The van der Waals surface area contributed by atoms with Crippen molar-refractivity contribution in [1.29, 1.82) is 0 Å². The molecule has 2 fully saturated rings. The number of rotatable bonds is 3. The molecule has 1 aromatic carbocycles. The van der Waals surface area contributed by atoms with Crippen molar-refractivity contribution in [2.75, 3.05) is 0 Å². The minimum absolute atomic E-state index is 0.0658. The second-order valence-electron chi connectivity index (χ2n) is 6.05. The summed E-state index contributed by atoms with van der Waals surface area (Å²) in [6, 6.07) is 8.01. The molecule has 3 N–H and O–H groups in total. The summed E-state index contributed by atoms with van der Waals surface area (Å²) in [6.45, 7) is 0.521. The molecule has 0 heterocycles. The second-order valence-corrected chi connectivity index (χ2v) is 6.05. The molecule has 19 heavy (non-hydrogen) atoms. The number of hydrogen-bond donors (Lipinski definition) is 2. The van der Waals surface area contributed by atoms with Crippen LogP contribution in [0.2, 0.25) is 0 Å². The summed E-state index contributed by atoms with van der Waals surface area (Å²) < 4.78 is 0. The summed E-state index contributed by atoms with van der Waals surface area (Å²) in [4.78, 5) is 12.2. The molecule has 102 valence electrons. The van der Waals surface area contributed by atoms with E-state index in [2.05, 4.69) is 5.32 Å². The summed E-state index contributed by atoms with van der Waals surface area (Å²) in [7, 11) is 0. The van der Waals surface area contributed by atoms with E-state index in [4.69, 9.17) is 5.73 Å². The minimum Gasteiger partial charge on any atom is -0.349 e. The molecule has 0 aliphatic heterocycles. The van der Waals surface area contributed by atoms with E-state index < -0.39 is 0 Å². The lowest BCUT2D eigenvalue weighted by Gasteiger charge is -2.22. The number of hydrogen-bond acceptors (Lipinski definition) is 2. The Bertz CT molecular complexity index is 460. The van der Waals surface area contributed by atoms with Crippen molar-refractivity contribution in [3.63, 3.8) is 0 Å². The van der Waals surface area contributed by atoms with E-state index in [0.717, 1.165) is 11.1 Å². The topological polar surface area (TPSA) is 55.1 Å². The zero-order valence-electron chi connectivity index (χ0n) is 11.3. The number of amides is 1. The summed E-state index contributed by atoms with van der Waals surface area (Å²) in [5.74, 6) is 0.0658. The summed E-state index contributed by atoms with van der Waals surface area (Å²) in [5, 5.41) is 3.20. The first kappa shape index (κ1) is 12.7. The number of nitrogens with two attached hydrogens (primary N) is 1. The van der Waals surface area contributed by atoms with Crippen LogP contribution in [0.3, 0.4) is 0 Å². The van der Waals surface area contributed by atoms with Crippen molar-refractivity contribution in [1.82, 2.24) is 5.32 Å². The maximum Gasteiger partial charge on any atom is 0.251 e. The van der Waals surface area contributed by atoms with Gasteiger partial charge in [0.05, 0.1) is 0 Å². The Morgan fingerprint density at radius 2 is 1.89 bits per heavy atom. The molecule has 3 heteroatoms. The Hall–Kier alpha value is -1.35. The van der Waals surface area contributed by atoms with Crippen LogP contribution in [0.25, 0.3) is 0 Å². The predicted octanol–water partition coefficient (Wildman–Crippen LogP) is 2.60. The van der Waals surface area contributed by atoms with Crippen LogP contribution in [-0.2, 0) is 6.54 Å². The highest BCUT2D eigenvalue weighted by molar-refractivity contribution is 5.94. The maximum atomic E-state index is 12.2. The third kappa shape index (κ3) is 2.52. The number of benzene rings is 1. The van der Waals surface area contributed by atoms with Gasteiger partial charge in [-0.05, 0) is 42.4 Å². The molecule has 1 spiro atoms. The molecule has 3 nitrogen and oxygen atoms in total. The standard InChI is InChI=1S/C16H22N2O/c17-11-12-4-6-13(7-5-12)15(19)18-14-10-16(14)8-2-1-3-9-16/h4-7,14H,1-3,8-11,17H2,(H,18,19). The molecule has 2 aliphatic carbocycles. The van der Waals surface area contributed by atoms with Crippen molar-refractivity contribution in [3.05, 3.63) is 35.4 Å². The lowest BCUT2D eigenvalue weighted by molar-refractivity contribution is 0.0942. The summed E-state index contributed by atoms with van der Waals surface area (Å²) in [5.41, 5.74) is 7.82. The largest absolute Gasteiger partial charge is 0.349 e. The third-order valence-corrected chi connectivity index (χ3v) is 4.80. The lowest BCUT2D eigenvalue weighted by Crippen LogP contribution is -2.30. The van der Waals surface area contributed by atoms with Crippen molar-refractivity contribution in [2.24, 2.45) is 11.1 Å². The molecule has 0 saturated heterocycles. The first-order valence-electron chi connectivity index (χ1n) is 7.33. The van der Waals surface area contributed by atoms with Gasteiger partial charge in [0.25, 0.3) is 5.91 Å². The van der Waals surface area contributed by atoms with Gasteiger partial charge in [0.15, 0.2) is 0 Å². The molecule has 1 aromatic rings. The van der Waals surface area contributed by atoms with E-state index in [-0.39, 0.29) is 5.91 Å². The second kappa shape index (κ2) is 4.97. The molecule has 1 unspecified atom stereocenters. The predicted molar refractivity (Wildman–Crippen MR) is 75.7 cm³/mol. The number of carbonyl (C=O) groups excluding carboxylic acids is 1. The fourth-order valence-electron chi connectivity index (χ4n) is 3.39. The molecular weight excluding hydrogens is 236 g/mol. The summed E-state index contributed by atoms with van der Waals surface area (Å²) >= 11 is 0. The van der Waals surface area contributed by atoms with Crippen molar-refractivity contribution < 1.29 is 4.79 Å². The SMILES string of the molecule is NCc1ccc(C(=O)NC2CC23CCCCC3)cc1. The van der Waals surface area contributed by atoms with Crippen LogP contribution in [0, 0.1) is 5.41 Å². The fourth-order valence-corrected chi connectivity index (χ4v) is 3.39. The minimum atomic E-state index is 0.0658. The molecule has 1 amide bonds. The quantitative estimate of drug-likeness (QED) is 0.875. The maximum absolute atomic E-state index is 12.2. The van der Waals surface area contributed by atoms with Crippen LogP contribution < -0.4 is 11.1 Å². The Labute approximate surface area is 114 Å². The van der Waals surface area contributed by atoms with Crippen molar-refractivity contribution in [2.45, 2.75) is 51.1 Å². The van der Waals surface area contributed by atoms with E-state index in [0.29, 0.717) is 18.0 Å². The van der Waals surface area contributed by atoms with E-state index in [1.165, 1.54) is 38.5 Å². The highest BCUT2D eigenvalue weighted by atomic mass is 16.1. The monoisotopic (exact) mass is 258 g/mol. The molecule has 3 rings (SSSR count). The van der Waals surface area contributed by atoms with E-state index in [1.54, 1.807) is 0 Å². The third-order valence-electron chi connectivity index (χ3n) is 4.80. The van der Waals surface area contributed by atoms with Gasteiger partial charge >= 0.3 is 0 Å². The Morgan fingerprint density at radius 3 is 2.53 bits per heavy atom. The van der Waals surface area contributed by atoms with Gasteiger partial charge in [-0.3, -0.25) is 4.79 Å². The first-order chi connectivity index (χ1) is 9.23. The highest BCUT2D eigenvalue weighted by Crippen LogP contribution is 2.56. The van der Waals surface area contributed by atoms with Gasteiger partial charge in [-0.15, -0.1) is 0 Å². The molecule has 0 radical (unpaired) electrons. The normalized spacial score (nSPS) is 24.2. The zero-order valence-corrected chi connectivity index (χ0v) is 11.3. The van der Waals surface area contributed by atoms with Crippen LogP contribution >= 0.6 is 0 Å². The van der Waals surface area contributed by atoms with E-state index in [1.807, 2.05) is 24.3 Å². The highest BCUT2D eigenvalue weighted by Gasteiger charge is 2.54. The Balaban J connectivity index is 1.59. The zero-order chi connectivity index (χ0) is 13.3. The molecule has 2 aliphatic rings. The van der Waals surface area contributed by atoms with Crippen LogP contribution in [-0.4, -0.2) is 11.9 Å².